The maximum absolute atomic E-state index is 12.6. The van der Waals surface area contributed by atoms with Gasteiger partial charge in [-0.2, -0.15) is 4.98 Å². The van der Waals surface area contributed by atoms with Crippen LogP contribution < -0.4 is 15.5 Å². The van der Waals surface area contributed by atoms with Gasteiger partial charge >= 0.3 is 6.09 Å². The first-order valence-electron chi connectivity index (χ1n) is 12.0. The predicted octanol–water partition coefficient (Wildman–Crippen LogP) is 4.25. The molecule has 0 bridgehead atoms. The fourth-order valence-corrected chi connectivity index (χ4v) is 5.38. The van der Waals surface area contributed by atoms with Gasteiger partial charge in [0.25, 0.3) is 0 Å². The number of hydrogen-bond donors (Lipinski definition) is 2. The number of fused-ring (bicyclic) bond motifs is 1. The Balaban J connectivity index is 1.35. The third-order valence-electron chi connectivity index (χ3n) is 6.63. The molecule has 3 aromatic rings. The van der Waals surface area contributed by atoms with Gasteiger partial charge in [0.2, 0.25) is 5.95 Å². The van der Waals surface area contributed by atoms with Crippen LogP contribution in [0.5, 0.6) is 0 Å². The maximum atomic E-state index is 12.6. The summed E-state index contributed by atoms with van der Waals surface area (Å²) in [5, 5.41) is 8.83. The third-order valence-corrected chi connectivity index (χ3v) is 7.53. The van der Waals surface area contributed by atoms with E-state index in [2.05, 4.69) is 60.6 Å². The number of benzene rings is 1. The van der Waals surface area contributed by atoms with Crippen molar-refractivity contribution in [2.45, 2.75) is 39.4 Å². The minimum atomic E-state index is -0.342. The van der Waals surface area contributed by atoms with Gasteiger partial charge in [-0.15, -0.1) is 11.3 Å². The number of hydrogen-bond acceptors (Lipinski definition) is 8. The second kappa shape index (κ2) is 9.85. The van der Waals surface area contributed by atoms with E-state index in [9.17, 15) is 4.79 Å². The Hall–Kier alpha value is -2.75. The van der Waals surface area contributed by atoms with E-state index in [1.807, 2.05) is 11.4 Å². The number of aromatic nitrogens is 2. The predicted molar refractivity (Wildman–Crippen MR) is 136 cm³/mol. The van der Waals surface area contributed by atoms with Gasteiger partial charge in [0, 0.05) is 32.7 Å². The van der Waals surface area contributed by atoms with Gasteiger partial charge in [-0.3, -0.25) is 9.80 Å². The summed E-state index contributed by atoms with van der Waals surface area (Å²) in [6.07, 6.45) is -0.342. The molecule has 0 aliphatic carbocycles. The lowest BCUT2D eigenvalue weighted by Gasteiger charge is -2.27. The smallest absolute Gasteiger partial charge is 0.415 e. The molecule has 2 atom stereocenters. The standard InChI is InChI=1S/C25H32N6O2S/c1-16(2)21-15-33-25(32)31(21)23-22-20(8-13-34-22)28-24(29-23)27-17(3)19-6-4-18(5-7-19)14-30-11-9-26-10-12-30/h4-8,13,16-17,21,26H,9-12,14-15H2,1-3H3,(H,27,28,29)/t17-,21?/m0/s1. The lowest BCUT2D eigenvalue weighted by molar-refractivity contribution is 0.177. The van der Waals surface area contributed by atoms with Crippen LogP contribution in [0, 0.1) is 5.92 Å². The van der Waals surface area contributed by atoms with Crippen LogP contribution in [0.1, 0.15) is 37.9 Å². The highest BCUT2D eigenvalue weighted by atomic mass is 32.1. The molecule has 2 aliphatic heterocycles. The summed E-state index contributed by atoms with van der Waals surface area (Å²) in [7, 11) is 0. The summed E-state index contributed by atoms with van der Waals surface area (Å²) < 4.78 is 6.28. The highest BCUT2D eigenvalue weighted by Gasteiger charge is 2.38. The second-order valence-electron chi connectivity index (χ2n) is 9.40. The van der Waals surface area contributed by atoms with E-state index in [4.69, 9.17) is 14.7 Å². The zero-order chi connectivity index (χ0) is 23.7. The molecule has 34 heavy (non-hydrogen) atoms. The average Bonchev–Trinajstić information content (AvgIpc) is 3.46. The van der Waals surface area contributed by atoms with Crippen LogP contribution in [0.15, 0.2) is 35.7 Å². The Kier molecular flexibility index (Phi) is 6.67. The summed E-state index contributed by atoms with van der Waals surface area (Å²) in [4.78, 5) is 26.3. The lowest BCUT2D eigenvalue weighted by Crippen LogP contribution is -2.42. The summed E-state index contributed by atoms with van der Waals surface area (Å²) in [6, 6.07) is 10.7. The fourth-order valence-electron chi connectivity index (χ4n) is 4.56. The van der Waals surface area contributed by atoms with E-state index in [1.165, 1.54) is 11.1 Å². The summed E-state index contributed by atoms with van der Waals surface area (Å²) in [5.74, 6) is 1.40. The molecule has 1 amide bonds. The van der Waals surface area contributed by atoms with E-state index in [0.29, 0.717) is 18.4 Å². The Bertz CT molecular complexity index is 1140. The summed E-state index contributed by atoms with van der Waals surface area (Å²) in [6.45, 7) is 12.0. The summed E-state index contributed by atoms with van der Waals surface area (Å²) >= 11 is 1.55. The largest absolute Gasteiger partial charge is 0.447 e. The zero-order valence-electron chi connectivity index (χ0n) is 20.0. The van der Waals surface area contributed by atoms with Crippen LogP contribution in [0.4, 0.5) is 16.6 Å². The number of piperazine rings is 1. The van der Waals surface area contributed by atoms with Gasteiger partial charge < -0.3 is 15.4 Å². The average molecular weight is 481 g/mol. The van der Waals surface area contributed by atoms with Crippen LogP contribution >= 0.6 is 11.3 Å². The zero-order valence-corrected chi connectivity index (χ0v) is 20.8. The SMILES string of the molecule is CC(C)C1COC(=O)N1c1nc(N[C@@H](C)c2ccc(CN3CCNCC3)cc2)nc2ccsc12. The van der Waals surface area contributed by atoms with E-state index >= 15 is 0 Å². The van der Waals surface area contributed by atoms with Crippen LogP contribution in [-0.4, -0.2) is 59.8 Å². The van der Waals surface area contributed by atoms with Gasteiger partial charge in [-0.1, -0.05) is 38.1 Å². The van der Waals surface area contributed by atoms with Crippen LogP contribution in [0.2, 0.25) is 0 Å². The first-order chi connectivity index (χ1) is 16.5. The number of amides is 1. The van der Waals surface area contributed by atoms with Crippen LogP contribution in [0.25, 0.3) is 10.2 Å². The molecule has 8 nitrogen and oxygen atoms in total. The van der Waals surface area contributed by atoms with Crippen LogP contribution in [-0.2, 0) is 11.3 Å². The number of rotatable bonds is 7. The molecule has 9 heteroatoms. The Morgan fingerprint density at radius 2 is 1.91 bits per heavy atom. The lowest BCUT2D eigenvalue weighted by atomic mass is 10.0. The van der Waals surface area contributed by atoms with E-state index in [-0.39, 0.29) is 24.1 Å². The highest BCUT2D eigenvalue weighted by Crippen LogP contribution is 2.35. The first kappa shape index (κ1) is 23.0. The van der Waals surface area contributed by atoms with Crippen molar-refractivity contribution in [2.75, 3.05) is 43.0 Å². The topological polar surface area (TPSA) is 82.6 Å². The van der Waals surface area contributed by atoms with E-state index in [1.54, 1.807) is 16.2 Å². The molecule has 0 radical (unpaired) electrons. The molecule has 4 heterocycles. The molecule has 0 spiro atoms. The maximum Gasteiger partial charge on any atom is 0.415 e. The molecule has 2 N–H and O–H groups in total. The van der Waals surface area contributed by atoms with Crippen molar-refractivity contribution >= 4 is 39.4 Å². The molecule has 2 aromatic heterocycles. The fraction of sp³-hybridized carbons (Fsp3) is 0.480. The quantitative estimate of drug-likeness (QED) is 0.523. The number of ether oxygens (including phenoxy) is 1. The van der Waals surface area contributed by atoms with Gasteiger partial charge in [0.05, 0.1) is 22.3 Å². The van der Waals surface area contributed by atoms with E-state index in [0.717, 1.165) is 42.9 Å². The van der Waals surface area contributed by atoms with Gasteiger partial charge in [0.15, 0.2) is 5.82 Å². The third kappa shape index (κ3) is 4.73. The number of cyclic esters (lactones) is 1. The number of carbonyl (C=O) groups excluding carboxylic acids is 1. The van der Waals surface area contributed by atoms with Crippen LogP contribution in [0.3, 0.4) is 0 Å². The Labute approximate surface area is 204 Å². The second-order valence-corrected chi connectivity index (χ2v) is 10.3. The molecule has 1 unspecified atom stereocenters. The normalized spacial score (nSPS) is 20.2. The molecular formula is C25H32N6O2S. The van der Waals surface area contributed by atoms with Crippen molar-refractivity contribution < 1.29 is 9.53 Å². The number of thiophene rings is 1. The van der Waals surface area contributed by atoms with Gasteiger partial charge in [0.1, 0.15) is 6.61 Å². The molecular weight excluding hydrogens is 448 g/mol. The van der Waals surface area contributed by atoms with Gasteiger partial charge in [-0.25, -0.2) is 9.78 Å². The summed E-state index contributed by atoms with van der Waals surface area (Å²) in [5.41, 5.74) is 3.32. The molecule has 2 aliphatic rings. The van der Waals surface area contributed by atoms with Crippen molar-refractivity contribution in [1.82, 2.24) is 20.2 Å². The Morgan fingerprint density at radius 1 is 1.15 bits per heavy atom. The molecule has 1 aromatic carbocycles. The minimum absolute atomic E-state index is 0.0172. The number of carbonyl (C=O) groups is 1. The highest BCUT2D eigenvalue weighted by molar-refractivity contribution is 7.17. The Morgan fingerprint density at radius 3 is 2.65 bits per heavy atom. The number of anilines is 2. The van der Waals surface area contributed by atoms with Crippen molar-refractivity contribution in [2.24, 2.45) is 5.92 Å². The monoisotopic (exact) mass is 480 g/mol. The van der Waals surface area contributed by atoms with Crippen molar-refractivity contribution in [3.8, 4) is 0 Å². The molecule has 5 rings (SSSR count). The molecule has 2 fully saturated rings. The van der Waals surface area contributed by atoms with Crippen molar-refractivity contribution in [3.05, 3.63) is 46.8 Å². The number of nitrogens with one attached hydrogen (secondary N) is 2. The first-order valence-corrected chi connectivity index (χ1v) is 12.9. The molecule has 180 valence electrons. The molecule has 2 saturated heterocycles. The van der Waals surface area contributed by atoms with Crippen molar-refractivity contribution in [1.29, 1.82) is 0 Å². The minimum Gasteiger partial charge on any atom is -0.447 e. The van der Waals surface area contributed by atoms with E-state index < -0.39 is 0 Å². The number of nitrogens with zero attached hydrogens (tertiary/aromatic N) is 4. The molecule has 0 saturated carbocycles. The van der Waals surface area contributed by atoms with Crippen molar-refractivity contribution in [3.63, 3.8) is 0 Å². The van der Waals surface area contributed by atoms with Gasteiger partial charge in [-0.05, 0) is 35.4 Å².